The lowest BCUT2D eigenvalue weighted by Crippen LogP contribution is -2.46. The predicted molar refractivity (Wildman–Crippen MR) is 375 cm³/mol. The van der Waals surface area contributed by atoms with E-state index in [1.165, 1.54) is 49.2 Å². The van der Waals surface area contributed by atoms with Crippen LogP contribution < -0.4 is 0 Å². The Morgan fingerprint density at radius 2 is 0.762 bits per heavy atom. The Hall–Kier alpha value is -7.96. The molecule has 0 aliphatic carbocycles. The number of aliphatic hydroxyl groups is 3. The van der Waals surface area contributed by atoms with Crippen LogP contribution in [0.2, 0.25) is 0 Å². The predicted octanol–water partition coefficient (Wildman–Crippen LogP) is 13.9. The molecule has 550 valence electrons. The van der Waals surface area contributed by atoms with E-state index in [0.717, 1.165) is 64.2 Å². The molecule has 6 bridgehead atoms. The van der Waals surface area contributed by atoms with E-state index < -0.39 is 78.2 Å². The van der Waals surface area contributed by atoms with Crippen LogP contribution in [0.3, 0.4) is 0 Å². The van der Waals surface area contributed by atoms with Gasteiger partial charge in [-0.25, -0.2) is 45.9 Å². The number of hydrogen-bond donors (Lipinski definition) is 4. The highest BCUT2D eigenvalue weighted by molar-refractivity contribution is 6.64. The number of piperidine rings is 3. The number of rotatable bonds is 17. The molecule has 6 aromatic rings. The number of carboxylic acids is 1. The van der Waals surface area contributed by atoms with Crippen molar-refractivity contribution in [3.8, 4) is 0 Å². The lowest BCUT2D eigenvalue weighted by molar-refractivity contribution is -0.170. The van der Waals surface area contributed by atoms with Crippen molar-refractivity contribution < 1.29 is 90.1 Å². The van der Waals surface area contributed by atoms with Gasteiger partial charge in [-0.3, -0.25) is 4.79 Å². The Morgan fingerprint density at radius 3 is 1.10 bits per heavy atom. The van der Waals surface area contributed by atoms with Crippen LogP contribution in [-0.2, 0) is 53.4 Å². The molecule has 6 fully saturated rings. The van der Waals surface area contributed by atoms with Crippen LogP contribution in [0.5, 0.6) is 0 Å². The molecule has 4 N–H and O–H groups in total. The topological polar surface area (TPSA) is 230 Å². The first-order chi connectivity index (χ1) is 47.9. The molecular formula is C78H97ClF5N3O14. The van der Waals surface area contributed by atoms with Gasteiger partial charge in [0.25, 0.3) is 10.9 Å². The Kier molecular flexibility index (Phi) is 35.2. The van der Waals surface area contributed by atoms with E-state index in [0.29, 0.717) is 58.5 Å². The van der Waals surface area contributed by atoms with Crippen LogP contribution in [-0.4, -0.2) is 166 Å². The van der Waals surface area contributed by atoms with Crippen molar-refractivity contribution in [2.24, 2.45) is 0 Å². The lowest BCUT2D eigenvalue weighted by Gasteiger charge is -2.36. The first kappa shape index (κ1) is 83.7. The number of carbonyl (C=O) groups is 6. The minimum absolute atomic E-state index is 0. The first-order valence-corrected chi connectivity index (χ1v) is 34.1. The quantitative estimate of drug-likeness (QED) is 0.0288. The van der Waals surface area contributed by atoms with Gasteiger partial charge in [0.2, 0.25) is 18.5 Å². The summed E-state index contributed by atoms with van der Waals surface area (Å²) in [7, 11) is 6.41. The van der Waals surface area contributed by atoms with Crippen molar-refractivity contribution in [1.29, 1.82) is 0 Å². The van der Waals surface area contributed by atoms with Crippen molar-refractivity contribution in [3.63, 3.8) is 0 Å². The molecule has 6 heterocycles. The molecule has 6 saturated heterocycles. The molecule has 0 amide bonds. The van der Waals surface area contributed by atoms with Gasteiger partial charge in [-0.05, 0) is 151 Å². The van der Waals surface area contributed by atoms with Gasteiger partial charge in [0.1, 0.15) is 12.2 Å². The Labute approximate surface area is 594 Å². The van der Waals surface area contributed by atoms with Gasteiger partial charge in [-0.15, -0.1) is 0 Å². The standard InChI is InChI=1S/C17H22FNO3.C16H20FNO2.C10H11FO2.C10H12O3.C8H6ClFO.C8H7FO2.C8H15NO.CH4/c1-19-13-7-8-14(19)10-15(9-13)22-16(21)17(18,11-20)12-5-3-2-4-6-12;1-18-12-7-8-13(18)10-14(9-12)20-16(19)15(17)11-5-3-2-4-6-11;2*1-2-13-10(12)9(11)8-6-4-3-5-7-8;9-8(11)7(10)6-4-2-1-3-5-6;9-7(8(10)11)6-4-2-1-3-5-6;1-9-6-2-3-7(9)5-8(10)4-6;/h2-6,13-15,20H,7-11H2,1H3;2-6,12-15H,7-10H2,1H3;3-7,9H,2H2,1H3;3-7,9,11H,2H2,1H3;1-5,7H;1-5,7H,(H,10,11);6-8,10H,2-5H2,1H3;1H4. The van der Waals surface area contributed by atoms with E-state index >= 15 is 0 Å². The number of aliphatic carboxylic acids is 1. The van der Waals surface area contributed by atoms with E-state index in [2.05, 4.69) is 45.3 Å². The van der Waals surface area contributed by atoms with Crippen LogP contribution in [0.1, 0.15) is 162 Å². The van der Waals surface area contributed by atoms with Crippen LogP contribution in [0.15, 0.2) is 182 Å². The highest BCUT2D eigenvalue weighted by Gasteiger charge is 2.46. The molecular weight excluding hydrogens is 1330 g/mol. The monoisotopic (exact) mass is 1430 g/mol. The van der Waals surface area contributed by atoms with E-state index in [1.54, 1.807) is 153 Å². The van der Waals surface area contributed by atoms with Gasteiger partial charge in [0.15, 0.2) is 12.3 Å². The number of carboxylic acid groups (broad SMARTS) is 1. The van der Waals surface area contributed by atoms with Crippen molar-refractivity contribution in [2.45, 2.75) is 189 Å². The molecule has 0 aromatic heterocycles. The minimum Gasteiger partial charge on any atom is -0.479 e. The van der Waals surface area contributed by atoms with E-state index in [9.17, 15) is 66.0 Å². The van der Waals surface area contributed by atoms with Gasteiger partial charge in [-0.1, -0.05) is 189 Å². The maximum atomic E-state index is 15.0. The number of nitrogens with zero attached hydrogens (tertiary/aromatic N) is 3. The summed E-state index contributed by atoms with van der Waals surface area (Å²) in [6, 6.07) is 52.5. The molecule has 0 saturated carbocycles. The summed E-state index contributed by atoms with van der Waals surface area (Å²) >= 11 is 4.95. The number of alkyl halides is 5. The molecule has 101 heavy (non-hydrogen) atoms. The zero-order valence-electron chi connectivity index (χ0n) is 57.0. The number of benzene rings is 6. The third-order valence-electron chi connectivity index (χ3n) is 18.6. The molecule has 6 aliphatic heterocycles. The summed E-state index contributed by atoms with van der Waals surface area (Å²) in [5.41, 5.74) is -0.606. The van der Waals surface area contributed by atoms with E-state index in [4.69, 9.17) is 26.2 Å². The Balaban J connectivity index is 0.000000216. The minimum atomic E-state index is -2.48. The molecule has 0 spiro atoms. The fraction of sp³-hybridized carbons (Fsp3) is 0.462. The van der Waals surface area contributed by atoms with Gasteiger partial charge in [0.05, 0.1) is 25.9 Å². The van der Waals surface area contributed by atoms with Gasteiger partial charge < -0.3 is 54.1 Å². The molecule has 0 radical (unpaired) electrons. The molecule has 12 atom stereocenters. The van der Waals surface area contributed by atoms with Crippen LogP contribution in [0.4, 0.5) is 22.0 Å². The summed E-state index contributed by atoms with van der Waals surface area (Å²) in [6.45, 7) is 2.93. The summed E-state index contributed by atoms with van der Waals surface area (Å²) in [5, 5.41) is 35.5. The second kappa shape index (κ2) is 42.5. The number of aliphatic hydroxyl groups excluding tert-OH is 3. The number of hydrogen-bond acceptors (Lipinski definition) is 16. The maximum Gasteiger partial charge on any atom is 0.351 e. The average Bonchev–Trinajstić information content (AvgIpc) is 1.81. The lowest BCUT2D eigenvalue weighted by atomic mass is 9.96. The second-order valence-electron chi connectivity index (χ2n) is 25.2. The molecule has 12 unspecified atom stereocenters. The number of halogens is 6. The van der Waals surface area contributed by atoms with Crippen molar-refractivity contribution in [1.82, 2.24) is 14.7 Å². The fourth-order valence-corrected chi connectivity index (χ4v) is 13.1. The molecule has 12 rings (SSSR count). The number of carbonyl (C=O) groups excluding carboxylic acids is 5. The maximum absolute atomic E-state index is 15.0. The zero-order chi connectivity index (χ0) is 72.9. The third kappa shape index (κ3) is 25.2. The Bertz CT molecular complexity index is 3270. The largest absolute Gasteiger partial charge is 0.479 e. The molecule has 6 aromatic carbocycles. The van der Waals surface area contributed by atoms with Crippen molar-refractivity contribution in [3.05, 3.63) is 215 Å². The normalized spacial score (nSPS) is 23.4. The highest BCUT2D eigenvalue weighted by Crippen LogP contribution is 2.39. The van der Waals surface area contributed by atoms with E-state index in [-0.39, 0.29) is 50.1 Å². The summed E-state index contributed by atoms with van der Waals surface area (Å²) in [5.74, 6) is -4.60. The number of ether oxygens (including phenoxy) is 4. The smallest absolute Gasteiger partial charge is 0.351 e. The van der Waals surface area contributed by atoms with Gasteiger partial charge in [-0.2, -0.15) is 0 Å². The van der Waals surface area contributed by atoms with Crippen molar-refractivity contribution >= 4 is 46.7 Å². The molecule has 23 heteroatoms. The average molecular weight is 1430 g/mol. The first-order valence-electron chi connectivity index (χ1n) is 33.8. The molecule has 6 aliphatic rings. The Morgan fingerprint density at radius 1 is 0.465 bits per heavy atom. The van der Waals surface area contributed by atoms with Crippen LogP contribution >= 0.6 is 11.6 Å². The summed E-state index contributed by atoms with van der Waals surface area (Å²) in [6.07, 6.45) is 3.81. The van der Waals surface area contributed by atoms with Crippen LogP contribution in [0, 0.1) is 0 Å². The van der Waals surface area contributed by atoms with Crippen LogP contribution in [0.25, 0.3) is 0 Å². The molecule has 17 nitrogen and oxygen atoms in total. The van der Waals surface area contributed by atoms with Crippen molar-refractivity contribution in [2.75, 3.05) is 41.0 Å². The second-order valence-corrected chi connectivity index (χ2v) is 25.6. The fourth-order valence-electron chi connectivity index (χ4n) is 13.0. The summed E-state index contributed by atoms with van der Waals surface area (Å²) in [4.78, 5) is 73.8. The summed E-state index contributed by atoms with van der Waals surface area (Å²) < 4.78 is 87.8. The zero-order valence-corrected chi connectivity index (χ0v) is 57.7. The third-order valence-corrected chi connectivity index (χ3v) is 18.8. The van der Waals surface area contributed by atoms with Gasteiger partial charge >= 0.3 is 29.8 Å². The SMILES string of the molecule is C.CCOC(=O)C(F)c1ccccc1.CCOC(=O)C(O)c1ccccc1.CN1C2CCC1CC(O)C2.CN1C2CCC1CC(OC(=O)C(F)(CO)c1ccccc1)C2.CN1C2CCC1CC(OC(=O)C(F)c1ccccc1)C2.O=C(Cl)C(F)c1ccccc1.O=C(O)C(F)c1ccccc1. The highest BCUT2D eigenvalue weighted by atomic mass is 35.5. The number of fused-ring (bicyclic) bond motifs is 6. The number of esters is 4. The van der Waals surface area contributed by atoms with E-state index in [1.807, 2.05) is 6.07 Å². The van der Waals surface area contributed by atoms with Gasteiger partial charge in [0, 0.05) is 41.8 Å².